The molecule has 0 unspecified atom stereocenters. The van der Waals surface area contributed by atoms with Gasteiger partial charge in [0.05, 0.1) is 6.10 Å². The molecule has 3 aliphatic carbocycles. The van der Waals surface area contributed by atoms with Crippen LogP contribution in [0.25, 0.3) is 0 Å². The Labute approximate surface area is 79.8 Å². The summed E-state index contributed by atoms with van der Waals surface area (Å²) in [6, 6.07) is 0. The summed E-state index contributed by atoms with van der Waals surface area (Å²) in [6.45, 7) is 0. The summed E-state index contributed by atoms with van der Waals surface area (Å²) in [7, 11) is 0. The molecule has 1 N–H and O–H groups in total. The van der Waals surface area contributed by atoms with Gasteiger partial charge in [-0.25, -0.2) is 0 Å². The van der Waals surface area contributed by atoms with E-state index in [2.05, 4.69) is 0 Å². The van der Waals surface area contributed by atoms with Gasteiger partial charge in [-0.1, -0.05) is 11.1 Å². The van der Waals surface area contributed by atoms with Crippen LogP contribution in [0.4, 0.5) is 0 Å². The zero-order chi connectivity index (χ0) is 8.84. The molecule has 72 valence electrons. The number of hydrogen-bond donors (Lipinski definition) is 1. The fraction of sp³-hybridized carbons (Fsp3) is 0.833. The molecule has 0 aromatic heterocycles. The molecule has 3 rings (SSSR count). The van der Waals surface area contributed by atoms with E-state index in [-0.39, 0.29) is 6.10 Å². The minimum absolute atomic E-state index is 0.00403. The van der Waals surface area contributed by atoms with Gasteiger partial charge in [-0.15, -0.1) is 0 Å². The van der Waals surface area contributed by atoms with E-state index in [1.54, 1.807) is 11.1 Å². The number of aliphatic hydroxyl groups is 1. The van der Waals surface area contributed by atoms with E-state index in [0.29, 0.717) is 5.92 Å². The number of hydrogen-bond acceptors (Lipinski definition) is 1. The molecule has 2 fully saturated rings. The minimum atomic E-state index is 0.00403. The van der Waals surface area contributed by atoms with Crippen LogP contribution in [0.5, 0.6) is 0 Å². The normalized spacial score (nSPS) is 43.6. The maximum Gasteiger partial charge on any atom is 0.0611 e. The predicted octanol–water partition coefficient (Wildman–Crippen LogP) is 2.65. The Morgan fingerprint density at radius 1 is 1.00 bits per heavy atom. The zero-order valence-corrected chi connectivity index (χ0v) is 8.13. The van der Waals surface area contributed by atoms with E-state index >= 15 is 0 Å². The first-order valence-electron chi connectivity index (χ1n) is 5.76. The van der Waals surface area contributed by atoms with Crippen LogP contribution in [0.1, 0.15) is 44.9 Å². The van der Waals surface area contributed by atoms with Crippen molar-refractivity contribution in [2.45, 2.75) is 51.0 Å². The average Bonchev–Trinajstić information content (AvgIpc) is 2.66. The fourth-order valence-electron chi connectivity index (χ4n) is 3.75. The molecular formula is C12H18O. The Kier molecular flexibility index (Phi) is 1.76. The molecule has 1 heteroatoms. The summed E-state index contributed by atoms with van der Waals surface area (Å²) in [6.07, 6.45) is 9.04. The Bertz CT molecular complexity index is 254. The van der Waals surface area contributed by atoms with Crippen molar-refractivity contribution in [1.29, 1.82) is 0 Å². The van der Waals surface area contributed by atoms with Crippen molar-refractivity contribution in [3.63, 3.8) is 0 Å². The Balaban J connectivity index is 2.01. The van der Waals surface area contributed by atoms with Gasteiger partial charge in [-0.2, -0.15) is 0 Å². The minimum Gasteiger partial charge on any atom is -0.392 e. The molecule has 0 aromatic rings. The summed E-state index contributed by atoms with van der Waals surface area (Å²) in [5, 5.41) is 9.99. The Morgan fingerprint density at radius 3 is 2.69 bits per heavy atom. The SMILES string of the molecule is O[C@@H]1C[C@H]2CCCC2=C2CCC[C@H]21. The second-order valence-electron chi connectivity index (χ2n) is 4.94. The van der Waals surface area contributed by atoms with E-state index in [9.17, 15) is 5.11 Å². The van der Waals surface area contributed by atoms with Crippen LogP contribution in [0.15, 0.2) is 11.1 Å². The number of fused-ring (bicyclic) bond motifs is 2. The molecule has 0 spiro atoms. The number of aliphatic hydroxyl groups excluding tert-OH is 1. The van der Waals surface area contributed by atoms with E-state index in [1.807, 2.05) is 0 Å². The third-order valence-corrected chi connectivity index (χ3v) is 4.30. The lowest BCUT2D eigenvalue weighted by Crippen LogP contribution is -2.27. The molecule has 0 radical (unpaired) electrons. The van der Waals surface area contributed by atoms with Gasteiger partial charge in [0.2, 0.25) is 0 Å². The number of rotatable bonds is 0. The molecular weight excluding hydrogens is 160 g/mol. The molecule has 13 heavy (non-hydrogen) atoms. The lowest BCUT2D eigenvalue weighted by atomic mass is 9.77. The third-order valence-electron chi connectivity index (χ3n) is 4.30. The maximum absolute atomic E-state index is 9.99. The van der Waals surface area contributed by atoms with E-state index in [4.69, 9.17) is 0 Å². The van der Waals surface area contributed by atoms with Crippen molar-refractivity contribution in [3.05, 3.63) is 11.1 Å². The zero-order valence-electron chi connectivity index (χ0n) is 8.13. The average molecular weight is 178 g/mol. The molecule has 3 aliphatic rings. The molecule has 3 atom stereocenters. The lowest BCUT2D eigenvalue weighted by Gasteiger charge is -2.31. The molecule has 2 saturated carbocycles. The highest BCUT2D eigenvalue weighted by atomic mass is 16.3. The van der Waals surface area contributed by atoms with Gasteiger partial charge >= 0.3 is 0 Å². The van der Waals surface area contributed by atoms with E-state index in [0.717, 1.165) is 12.3 Å². The van der Waals surface area contributed by atoms with Crippen LogP contribution in [-0.4, -0.2) is 11.2 Å². The topological polar surface area (TPSA) is 20.2 Å². The summed E-state index contributed by atoms with van der Waals surface area (Å²) < 4.78 is 0. The smallest absolute Gasteiger partial charge is 0.0611 e. The summed E-state index contributed by atoms with van der Waals surface area (Å²) in [5.41, 5.74) is 3.45. The quantitative estimate of drug-likeness (QED) is 0.565. The van der Waals surface area contributed by atoms with Gasteiger partial charge in [-0.05, 0) is 50.9 Å². The molecule has 0 saturated heterocycles. The van der Waals surface area contributed by atoms with Gasteiger partial charge in [0.25, 0.3) is 0 Å². The van der Waals surface area contributed by atoms with Crippen molar-refractivity contribution in [3.8, 4) is 0 Å². The number of allylic oxidation sites excluding steroid dienone is 1. The monoisotopic (exact) mass is 178 g/mol. The van der Waals surface area contributed by atoms with Crippen molar-refractivity contribution in [1.82, 2.24) is 0 Å². The molecule has 0 aromatic carbocycles. The van der Waals surface area contributed by atoms with Gasteiger partial charge in [0.1, 0.15) is 0 Å². The van der Waals surface area contributed by atoms with E-state index < -0.39 is 0 Å². The largest absolute Gasteiger partial charge is 0.392 e. The summed E-state index contributed by atoms with van der Waals surface area (Å²) >= 11 is 0. The first-order chi connectivity index (χ1) is 6.36. The van der Waals surface area contributed by atoms with Gasteiger partial charge in [-0.3, -0.25) is 0 Å². The molecule has 0 heterocycles. The van der Waals surface area contributed by atoms with Crippen molar-refractivity contribution < 1.29 is 5.11 Å². The van der Waals surface area contributed by atoms with Crippen LogP contribution in [0.3, 0.4) is 0 Å². The summed E-state index contributed by atoms with van der Waals surface area (Å²) in [5.74, 6) is 1.35. The standard InChI is InChI=1S/C12H18O/c13-12-7-8-3-1-4-9(8)10-5-2-6-11(10)12/h8,11-13H,1-7H2/t8-,11-,12-/m1/s1. The third kappa shape index (κ3) is 1.10. The Morgan fingerprint density at radius 2 is 1.77 bits per heavy atom. The fourth-order valence-corrected chi connectivity index (χ4v) is 3.75. The Hall–Kier alpha value is -0.300. The van der Waals surface area contributed by atoms with Gasteiger partial charge < -0.3 is 5.11 Å². The van der Waals surface area contributed by atoms with Crippen molar-refractivity contribution >= 4 is 0 Å². The second kappa shape index (κ2) is 2.84. The van der Waals surface area contributed by atoms with Gasteiger partial charge in [0, 0.05) is 5.92 Å². The highest BCUT2D eigenvalue weighted by molar-refractivity contribution is 5.29. The van der Waals surface area contributed by atoms with Crippen molar-refractivity contribution in [2.75, 3.05) is 0 Å². The highest BCUT2D eigenvalue weighted by Gasteiger charge is 2.39. The van der Waals surface area contributed by atoms with Crippen LogP contribution < -0.4 is 0 Å². The molecule has 1 nitrogen and oxygen atoms in total. The first kappa shape index (κ1) is 8.05. The highest BCUT2D eigenvalue weighted by Crippen LogP contribution is 2.49. The van der Waals surface area contributed by atoms with Crippen LogP contribution in [0.2, 0.25) is 0 Å². The molecule has 0 amide bonds. The van der Waals surface area contributed by atoms with Crippen LogP contribution in [0, 0.1) is 11.8 Å². The molecule has 0 aliphatic heterocycles. The van der Waals surface area contributed by atoms with Crippen LogP contribution in [-0.2, 0) is 0 Å². The maximum atomic E-state index is 9.99. The summed E-state index contributed by atoms with van der Waals surface area (Å²) in [4.78, 5) is 0. The van der Waals surface area contributed by atoms with Crippen LogP contribution >= 0.6 is 0 Å². The molecule has 0 bridgehead atoms. The predicted molar refractivity (Wildman–Crippen MR) is 52.3 cm³/mol. The van der Waals surface area contributed by atoms with E-state index in [1.165, 1.54) is 38.5 Å². The second-order valence-corrected chi connectivity index (χ2v) is 4.94. The van der Waals surface area contributed by atoms with Gasteiger partial charge in [0.15, 0.2) is 0 Å². The first-order valence-corrected chi connectivity index (χ1v) is 5.76. The van der Waals surface area contributed by atoms with Crippen molar-refractivity contribution in [2.24, 2.45) is 11.8 Å². The lowest BCUT2D eigenvalue weighted by molar-refractivity contribution is 0.0955.